The van der Waals surface area contributed by atoms with Gasteiger partial charge in [-0.2, -0.15) is 0 Å². The van der Waals surface area contributed by atoms with Crippen molar-refractivity contribution < 1.29 is 14.3 Å². The van der Waals surface area contributed by atoms with Crippen LogP contribution >= 0.6 is 24.0 Å². The Morgan fingerprint density at radius 1 is 1.33 bits per heavy atom. The topological polar surface area (TPSA) is 91.9 Å². The highest BCUT2D eigenvalue weighted by Gasteiger charge is 2.28. The van der Waals surface area contributed by atoms with E-state index in [1.807, 2.05) is 39.0 Å². The lowest BCUT2D eigenvalue weighted by Crippen LogP contribution is -2.44. The van der Waals surface area contributed by atoms with Gasteiger partial charge in [0.05, 0.1) is 19.7 Å². The van der Waals surface area contributed by atoms with Crippen LogP contribution in [0, 0.1) is 19.8 Å². The normalized spacial score (nSPS) is 15.8. The van der Waals surface area contributed by atoms with Crippen LogP contribution in [0.4, 0.5) is 0 Å². The largest absolute Gasteiger partial charge is 0.477 e. The van der Waals surface area contributed by atoms with Crippen LogP contribution in [0.15, 0.2) is 33.8 Å². The highest BCUT2D eigenvalue weighted by molar-refractivity contribution is 14.0. The number of guanidine groups is 1. The van der Waals surface area contributed by atoms with Crippen molar-refractivity contribution in [2.75, 3.05) is 19.7 Å². The Morgan fingerprint density at radius 3 is 2.73 bits per heavy atom. The summed E-state index contributed by atoms with van der Waals surface area (Å²) in [5.74, 6) is 3.50. The van der Waals surface area contributed by atoms with Gasteiger partial charge < -0.3 is 24.9 Å². The van der Waals surface area contributed by atoms with Crippen LogP contribution in [0.25, 0.3) is 0 Å². The molecular formula is C22H33IN4O3. The number of aliphatic imine (C=N–C) groups is 1. The number of furan rings is 1. The zero-order valence-corrected chi connectivity index (χ0v) is 20.5. The standard InChI is InChI=1S/C22H32N4O3.HI/c1-5-23-21(26-14-22(4,27)19-10-15(2)29-16(19)3)25-12-18-8-9-24-20(11-18)28-13-17-6-7-17;/h8-11,17,27H,5-7,12-14H2,1-4H3,(H2,23,25,26);1H. The summed E-state index contributed by atoms with van der Waals surface area (Å²) >= 11 is 0. The molecule has 30 heavy (non-hydrogen) atoms. The van der Waals surface area contributed by atoms with Gasteiger partial charge in [-0.3, -0.25) is 0 Å². The van der Waals surface area contributed by atoms with Crippen molar-refractivity contribution in [3.63, 3.8) is 0 Å². The van der Waals surface area contributed by atoms with Gasteiger partial charge in [-0.15, -0.1) is 24.0 Å². The molecule has 1 saturated carbocycles. The number of ether oxygens (including phenoxy) is 1. The molecule has 166 valence electrons. The molecular weight excluding hydrogens is 495 g/mol. The number of nitrogens with zero attached hydrogens (tertiary/aromatic N) is 2. The number of halogens is 1. The van der Waals surface area contributed by atoms with Crippen molar-refractivity contribution >= 4 is 29.9 Å². The molecule has 2 aromatic rings. The van der Waals surface area contributed by atoms with E-state index in [0.29, 0.717) is 30.8 Å². The second kappa shape index (κ2) is 11.0. The third-order valence-electron chi connectivity index (χ3n) is 4.95. The predicted molar refractivity (Wildman–Crippen MR) is 128 cm³/mol. The summed E-state index contributed by atoms with van der Waals surface area (Å²) in [6.07, 6.45) is 4.26. The molecule has 2 aromatic heterocycles. The van der Waals surface area contributed by atoms with Gasteiger partial charge in [0.2, 0.25) is 5.88 Å². The number of aromatic nitrogens is 1. The maximum atomic E-state index is 10.9. The van der Waals surface area contributed by atoms with Gasteiger partial charge >= 0.3 is 0 Å². The van der Waals surface area contributed by atoms with Crippen LogP contribution in [0.2, 0.25) is 0 Å². The number of nitrogens with one attached hydrogen (secondary N) is 2. The molecule has 2 heterocycles. The zero-order chi connectivity index (χ0) is 20.9. The van der Waals surface area contributed by atoms with E-state index in [9.17, 15) is 5.11 Å². The minimum atomic E-state index is -1.07. The first-order valence-electron chi connectivity index (χ1n) is 10.3. The lowest BCUT2D eigenvalue weighted by atomic mass is 9.96. The summed E-state index contributed by atoms with van der Waals surface area (Å²) in [6, 6.07) is 5.75. The minimum Gasteiger partial charge on any atom is -0.477 e. The third kappa shape index (κ3) is 7.16. The summed E-state index contributed by atoms with van der Waals surface area (Å²) in [4.78, 5) is 8.90. The van der Waals surface area contributed by atoms with E-state index in [4.69, 9.17) is 9.15 Å². The quantitative estimate of drug-likeness (QED) is 0.262. The fourth-order valence-corrected chi connectivity index (χ4v) is 3.14. The Bertz CT molecular complexity index is 847. The highest BCUT2D eigenvalue weighted by Crippen LogP contribution is 2.29. The summed E-state index contributed by atoms with van der Waals surface area (Å²) in [6.45, 7) is 9.79. The number of aliphatic hydroxyl groups is 1. The second-order valence-corrected chi connectivity index (χ2v) is 7.91. The smallest absolute Gasteiger partial charge is 0.213 e. The summed E-state index contributed by atoms with van der Waals surface area (Å²) < 4.78 is 11.3. The molecule has 0 aliphatic heterocycles. The summed E-state index contributed by atoms with van der Waals surface area (Å²) in [7, 11) is 0. The van der Waals surface area contributed by atoms with Gasteiger partial charge in [0.25, 0.3) is 0 Å². The Morgan fingerprint density at radius 2 is 2.10 bits per heavy atom. The molecule has 8 heteroatoms. The van der Waals surface area contributed by atoms with E-state index in [2.05, 4.69) is 20.6 Å². The number of pyridine rings is 1. The first kappa shape index (κ1) is 24.5. The molecule has 1 aliphatic rings. The molecule has 0 aromatic carbocycles. The van der Waals surface area contributed by atoms with Gasteiger partial charge in [-0.25, -0.2) is 9.98 Å². The van der Waals surface area contributed by atoms with Gasteiger partial charge in [-0.1, -0.05) is 0 Å². The number of hydrogen-bond acceptors (Lipinski definition) is 5. The van der Waals surface area contributed by atoms with Crippen molar-refractivity contribution in [3.05, 3.63) is 47.0 Å². The fraction of sp³-hybridized carbons (Fsp3) is 0.545. The van der Waals surface area contributed by atoms with E-state index in [0.717, 1.165) is 35.8 Å². The van der Waals surface area contributed by atoms with Crippen LogP contribution in [-0.4, -0.2) is 35.7 Å². The van der Waals surface area contributed by atoms with Crippen LogP contribution in [0.5, 0.6) is 5.88 Å². The molecule has 3 rings (SSSR count). The molecule has 0 amide bonds. The van der Waals surface area contributed by atoms with Gasteiger partial charge in [0.1, 0.15) is 17.1 Å². The molecule has 3 N–H and O–H groups in total. The summed E-state index contributed by atoms with van der Waals surface area (Å²) in [5, 5.41) is 17.3. The van der Waals surface area contributed by atoms with Crippen molar-refractivity contribution in [3.8, 4) is 5.88 Å². The molecule has 1 atom stereocenters. The Balaban J connectivity index is 0.00000320. The Labute approximate surface area is 195 Å². The molecule has 0 radical (unpaired) electrons. The Kier molecular flexibility index (Phi) is 8.96. The molecule has 1 unspecified atom stereocenters. The van der Waals surface area contributed by atoms with Crippen LogP contribution < -0.4 is 15.4 Å². The van der Waals surface area contributed by atoms with Crippen molar-refractivity contribution in [1.82, 2.24) is 15.6 Å². The van der Waals surface area contributed by atoms with Crippen LogP contribution in [0.1, 0.15) is 49.3 Å². The molecule has 1 aliphatic carbocycles. The Hall–Kier alpha value is -1.81. The van der Waals surface area contributed by atoms with E-state index in [-0.39, 0.29) is 24.0 Å². The predicted octanol–water partition coefficient (Wildman–Crippen LogP) is 3.66. The zero-order valence-electron chi connectivity index (χ0n) is 18.2. The van der Waals surface area contributed by atoms with Gasteiger partial charge in [0.15, 0.2) is 5.96 Å². The van der Waals surface area contributed by atoms with E-state index in [1.165, 1.54) is 12.8 Å². The lowest BCUT2D eigenvalue weighted by Gasteiger charge is -2.24. The monoisotopic (exact) mass is 528 g/mol. The van der Waals surface area contributed by atoms with Crippen LogP contribution in [0.3, 0.4) is 0 Å². The first-order chi connectivity index (χ1) is 13.9. The number of hydrogen-bond donors (Lipinski definition) is 3. The van der Waals surface area contributed by atoms with Crippen LogP contribution in [-0.2, 0) is 12.1 Å². The number of aryl methyl sites for hydroxylation is 2. The molecule has 0 bridgehead atoms. The molecule has 0 saturated heterocycles. The highest BCUT2D eigenvalue weighted by atomic mass is 127. The number of rotatable bonds is 9. The lowest BCUT2D eigenvalue weighted by molar-refractivity contribution is 0.0601. The maximum absolute atomic E-state index is 10.9. The van der Waals surface area contributed by atoms with E-state index >= 15 is 0 Å². The average Bonchev–Trinajstić information content (AvgIpc) is 3.45. The summed E-state index contributed by atoms with van der Waals surface area (Å²) in [5.41, 5.74) is 0.736. The molecule has 1 fully saturated rings. The SMILES string of the molecule is CCNC(=NCc1ccnc(OCC2CC2)c1)NCC(C)(O)c1cc(C)oc1C.I. The van der Waals surface area contributed by atoms with Crippen molar-refractivity contribution in [2.24, 2.45) is 10.9 Å². The van der Waals surface area contributed by atoms with Gasteiger partial charge in [-0.05, 0) is 64.2 Å². The maximum Gasteiger partial charge on any atom is 0.213 e. The third-order valence-corrected chi connectivity index (χ3v) is 4.95. The van der Waals surface area contributed by atoms with Crippen molar-refractivity contribution in [1.29, 1.82) is 0 Å². The van der Waals surface area contributed by atoms with Crippen molar-refractivity contribution in [2.45, 2.75) is 52.7 Å². The molecule has 0 spiro atoms. The van der Waals surface area contributed by atoms with E-state index in [1.54, 1.807) is 13.1 Å². The fourth-order valence-electron chi connectivity index (χ4n) is 3.14. The minimum absolute atomic E-state index is 0. The average molecular weight is 528 g/mol. The first-order valence-corrected chi connectivity index (χ1v) is 10.3. The second-order valence-electron chi connectivity index (χ2n) is 7.91. The van der Waals surface area contributed by atoms with E-state index < -0.39 is 5.60 Å². The molecule has 7 nitrogen and oxygen atoms in total. The van der Waals surface area contributed by atoms with Gasteiger partial charge in [0, 0.05) is 24.4 Å².